The maximum Gasteiger partial charge on any atom is 0.297 e. The first-order valence-electron chi connectivity index (χ1n) is 15.9. The number of carbonyl (C=O) groups is 1. The van der Waals surface area contributed by atoms with E-state index in [1.165, 1.54) is 23.8 Å². The number of aliphatic hydroxyl groups is 1. The normalized spacial score (nSPS) is 21.8. The molecule has 4 aromatic rings. The van der Waals surface area contributed by atoms with Crippen molar-refractivity contribution < 1.29 is 29.0 Å². The number of aromatic nitrogens is 1. The highest BCUT2D eigenvalue weighted by Crippen LogP contribution is 2.60. The number of benzene rings is 3. The van der Waals surface area contributed by atoms with Crippen LogP contribution in [0.15, 0.2) is 89.9 Å². The number of anilines is 1. The van der Waals surface area contributed by atoms with E-state index in [4.69, 9.17) is 14.2 Å². The molecule has 2 aliphatic rings. The Hall–Kier alpha value is -4.78. The van der Waals surface area contributed by atoms with Gasteiger partial charge in [0.15, 0.2) is 11.4 Å². The standard InChI is InChI=1S/C36H39N3O8Si/c1-23-33(48(4,5)28-14-12-27(45-2)13-15-28)31(17-19-40)47-36(23)29-21-26(39(43)44)11-16-30(29)38(35(36)42)22-24-8-6-9-25(20-24)37-18-7-10-32(46-3)34(37)41/h6-16,18,20-21,23,31,33,40H,17,19,22H2,1-5H3/t23-,31+,33-,36+/m1/s1. The van der Waals surface area contributed by atoms with Crippen molar-refractivity contribution >= 4 is 30.5 Å². The van der Waals surface area contributed by atoms with Gasteiger partial charge in [-0.15, -0.1) is 0 Å². The monoisotopic (exact) mass is 669 g/mol. The number of carbonyl (C=O) groups excluding carboxylic acids is 1. The van der Waals surface area contributed by atoms with Crippen LogP contribution in [0.3, 0.4) is 0 Å². The van der Waals surface area contributed by atoms with Crippen LogP contribution in [-0.2, 0) is 21.7 Å². The Kier molecular flexibility index (Phi) is 8.75. The smallest absolute Gasteiger partial charge is 0.297 e. The summed E-state index contributed by atoms with van der Waals surface area (Å²) in [4.78, 5) is 41.1. The Morgan fingerprint density at radius 3 is 2.42 bits per heavy atom. The van der Waals surface area contributed by atoms with E-state index in [9.17, 15) is 24.8 Å². The molecule has 1 amide bonds. The summed E-state index contributed by atoms with van der Waals surface area (Å²) in [6, 6.07) is 23.1. The predicted octanol–water partition coefficient (Wildman–Crippen LogP) is 4.91. The van der Waals surface area contributed by atoms with Gasteiger partial charge in [-0.3, -0.25) is 24.3 Å². The molecule has 4 atom stereocenters. The second kappa shape index (κ2) is 12.7. The van der Waals surface area contributed by atoms with Gasteiger partial charge in [-0.25, -0.2) is 0 Å². The number of nitro groups is 1. The van der Waals surface area contributed by atoms with Crippen molar-refractivity contribution in [3.63, 3.8) is 0 Å². The number of hydrogen-bond acceptors (Lipinski definition) is 8. The zero-order valence-corrected chi connectivity index (χ0v) is 28.6. The summed E-state index contributed by atoms with van der Waals surface area (Å²) < 4.78 is 19.0. The summed E-state index contributed by atoms with van der Waals surface area (Å²) in [7, 11) is 0.642. The number of aliphatic hydroxyl groups excluding tert-OH is 1. The maximum atomic E-state index is 14.9. The van der Waals surface area contributed by atoms with Gasteiger partial charge >= 0.3 is 0 Å². The van der Waals surface area contributed by atoms with Gasteiger partial charge in [0.1, 0.15) is 5.75 Å². The number of rotatable bonds is 10. The molecule has 1 aromatic heterocycles. The van der Waals surface area contributed by atoms with Gasteiger partial charge in [-0.1, -0.05) is 49.5 Å². The average Bonchev–Trinajstić information content (AvgIpc) is 3.51. The molecule has 0 unspecified atom stereocenters. The number of nitrogens with zero attached hydrogens (tertiary/aromatic N) is 3. The number of pyridine rings is 1. The van der Waals surface area contributed by atoms with Crippen LogP contribution in [0.5, 0.6) is 11.5 Å². The van der Waals surface area contributed by atoms with Crippen LogP contribution in [0.2, 0.25) is 18.6 Å². The highest BCUT2D eigenvalue weighted by Gasteiger charge is 2.66. The number of hydrogen-bond donors (Lipinski definition) is 1. The lowest BCUT2D eigenvalue weighted by Gasteiger charge is -2.37. The van der Waals surface area contributed by atoms with E-state index in [1.807, 2.05) is 37.3 Å². The van der Waals surface area contributed by atoms with Gasteiger partial charge in [0.05, 0.1) is 45.6 Å². The fraction of sp³-hybridized carbons (Fsp3) is 0.333. The van der Waals surface area contributed by atoms with Crippen LogP contribution in [-0.4, -0.2) is 55.5 Å². The van der Waals surface area contributed by atoms with Crippen molar-refractivity contribution in [2.75, 3.05) is 25.7 Å². The topological polar surface area (TPSA) is 133 Å². The third-order valence-corrected chi connectivity index (χ3v) is 14.5. The second-order valence-electron chi connectivity index (χ2n) is 12.9. The van der Waals surface area contributed by atoms with Crippen LogP contribution in [0, 0.1) is 16.0 Å². The summed E-state index contributed by atoms with van der Waals surface area (Å²) in [5.74, 6) is 0.263. The molecular weight excluding hydrogens is 630 g/mol. The number of methoxy groups -OCH3 is 2. The van der Waals surface area contributed by atoms with Gasteiger partial charge in [0.2, 0.25) is 0 Å². The van der Waals surface area contributed by atoms with Crippen molar-refractivity contribution in [1.29, 1.82) is 0 Å². The second-order valence-corrected chi connectivity index (χ2v) is 17.6. The van der Waals surface area contributed by atoms with Crippen molar-refractivity contribution in [2.45, 2.75) is 50.2 Å². The molecule has 48 heavy (non-hydrogen) atoms. The lowest BCUT2D eigenvalue weighted by Crippen LogP contribution is -2.51. The van der Waals surface area contributed by atoms with Gasteiger partial charge in [0, 0.05) is 42.1 Å². The first-order chi connectivity index (χ1) is 23.0. The maximum absolute atomic E-state index is 14.9. The van der Waals surface area contributed by atoms with Gasteiger partial charge < -0.3 is 24.2 Å². The molecule has 3 aromatic carbocycles. The molecule has 2 aliphatic heterocycles. The molecule has 250 valence electrons. The van der Waals surface area contributed by atoms with Gasteiger partial charge in [-0.05, 0) is 60.0 Å². The molecule has 0 saturated carbocycles. The minimum absolute atomic E-state index is 0.114. The van der Waals surface area contributed by atoms with Crippen LogP contribution in [0.25, 0.3) is 5.69 Å². The van der Waals surface area contributed by atoms with Crippen LogP contribution < -0.4 is 25.1 Å². The SMILES string of the molecule is COc1ccc([Si](C)(C)[C@H]2[C@H](CCO)O[C@@]3(C(=O)N(Cc4cccc(-n5cccc(OC)c5=O)c4)c4ccc([N+](=O)[O-])cc43)[C@@H]2C)cc1. The van der Waals surface area contributed by atoms with E-state index >= 15 is 0 Å². The summed E-state index contributed by atoms with van der Waals surface area (Å²) in [6.45, 7) is 6.48. The summed E-state index contributed by atoms with van der Waals surface area (Å²) >= 11 is 0. The molecule has 1 spiro atoms. The van der Waals surface area contributed by atoms with Crippen molar-refractivity contribution in [3.05, 3.63) is 117 Å². The van der Waals surface area contributed by atoms with E-state index in [0.717, 1.165) is 16.5 Å². The molecule has 1 saturated heterocycles. The van der Waals surface area contributed by atoms with Crippen molar-refractivity contribution in [1.82, 2.24) is 4.57 Å². The quantitative estimate of drug-likeness (QED) is 0.143. The van der Waals surface area contributed by atoms with Crippen LogP contribution in [0.1, 0.15) is 24.5 Å². The Morgan fingerprint density at radius 2 is 1.75 bits per heavy atom. The fourth-order valence-corrected chi connectivity index (χ4v) is 11.8. The highest BCUT2D eigenvalue weighted by molar-refractivity contribution is 6.91. The van der Waals surface area contributed by atoms with E-state index in [2.05, 4.69) is 25.2 Å². The molecular formula is C36H39N3O8Si. The number of nitro benzene ring substituents is 1. The molecule has 11 nitrogen and oxygen atoms in total. The lowest BCUT2D eigenvalue weighted by atomic mass is 9.82. The number of fused-ring (bicyclic) bond motifs is 2. The Labute approximate surface area is 279 Å². The third-order valence-electron chi connectivity index (χ3n) is 10.1. The Bertz CT molecular complexity index is 1930. The molecule has 12 heteroatoms. The first-order valence-corrected chi connectivity index (χ1v) is 18.9. The molecule has 1 fully saturated rings. The molecule has 0 aliphatic carbocycles. The molecule has 0 bridgehead atoms. The lowest BCUT2D eigenvalue weighted by molar-refractivity contribution is -0.385. The highest BCUT2D eigenvalue weighted by atomic mass is 28.3. The summed E-state index contributed by atoms with van der Waals surface area (Å²) in [5.41, 5.74) is 0.284. The van der Waals surface area contributed by atoms with Crippen LogP contribution in [0.4, 0.5) is 11.4 Å². The average molecular weight is 670 g/mol. The predicted molar refractivity (Wildman–Crippen MR) is 184 cm³/mol. The summed E-state index contributed by atoms with van der Waals surface area (Å²) in [6.07, 6.45) is 1.50. The van der Waals surface area contributed by atoms with E-state index in [1.54, 1.807) is 42.5 Å². The van der Waals surface area contributed by atoms with Crippen LogP contribution >= 0.6 is 0 Å². The molecule has 6 rings (SSSR count). The minimum Gasteiger partial charge on any atom is -0.497 e. The minimum atomic E-state index is -2.42. The van der Waals surface area contributed by atoms with Crippen molar-refractivity contribution in [3.8, 4) is 17.2 Å². The van der Waals surface area contributed by atoms with E-state index in [-0.39, 0.29) is 47.5 Å². The Morgan fingerprint density at radius 1 is 1.00 bits per heavy atom. The zero-order valence-electron chi connectivity index (χ0n) is 27.6. The Balaban J connectivity index is 1.44. The fourth-order valence-electron chi connectivity index (χ4n) is 7.79. The molecule has 3 heterocycles. The molecule has 0 radical (unpaired) electrons. The number of amides is 1. The van der Waals surface area contributed by atoms with Gasteiger partial charge in [0.25, 0.3) is 17.2 Å². The number of non-ortho nitro benzene ring substituents is 1. The first kappa shape index (κ1) is 33.1. The van der Waals surface area contributed by atoms with E-state index < -0.39 is 24.7 Å². The summed E-state index contributed by atoms with van der Waals surface area (Å²) in [5, 5.41) is 23.3. The number of ether oxygens (including phenoxy) is 3. The van der Waals surface area contributed by atoms with Gasteiger partial charge in [-0.2, -0.15) is 0 Å². The zero-order chi connectivity index (χ0) is 34.4. The molecule has 1 N–H and O–H groups in total. The largest absolute Gasteiger partial charge is 0.497 e. The van der Waals surface area contributed by atoms with E-state index in [0.29, 0.717) is 23.4 Å². The van der Waals surface area contributed by atoms with Crippen molar-refractivity contribution in [2.24, 2.45) is 5.92 Å². The third kappa shape index (κ3) is 5.29.